The van der Waals surface area contributed by atoms with Crippen LogP contribution in [0.5, 0.6) is 0 Å². The molecule has 0 nitrogen and oxygen atoms in total. The number of hydrogen-bond acceptors (Lipinski definition) is 0. The Morgan fingerprint density at radius 2 is 1.17 bits per heavy atom. The monoisotopic (exact) mass is 72.1 g/mol. The molecule has 0 unspecified atom stereocenters. The van der Waals surface area contributed by atoms with Crippen molar-refractivity contribution in [2.75, 3.05) is 0 Å². The fraction of sp³-hybridized carbons (Fsp3) is 1.00. The van der Waals surface area contributed by atoms with Gasteiger partial charge in [-0.1, -0.05) is 0 Å². The molecule has 0 heterocycles. The molecular weight excluding hydrogens is 61.9 g/mol. The summed E-state index contributed by atoms with van der Waals surface area (Å²) in [5, 5.41) is 0. The van der Waals surface area contributed by atoms with Gasteiger partial charge in [0, 0.05) is 0 Å². The quantitative estimate of drug-likeness (QED) is 0.377. The molecule has 0 N–H and O–H groups in total. The van der Waals surface area contributed by atoms with Crippen LogP contribution in [0.4, 0.5) is 0 Å². The molecule has 0 aliphatic carbocycles. The van der Waals surface area contributed by atoms with Crippen molar-refractivity contribution >= 4 is 35.4 Å². The van der Waals surface area contributed by atoms with Crippen molar-refractivity contribution in [1.29, 1.82) is 0 Å². The Kier molecular flexibility index (Phi) is 16.2. The molecule has 0 aromatic carbocycles. The Morgan fingerprint density at radius 3 is 1.17 bits per heavy atom. The summed E-state index contributed by atoms with van der Waals surface area (Å²) in [6, 6.07) is 0. The Labute approximate surface area is 59.5 Å². The molecule has 0 aliphatic heterocycles. The molecule has 0 radical (unpaired) electrons. The van der Waals surface area contributed by atoms with E-state index in [0.717, 1.165) is 4.59 Å². The molecule has 0 amide bonds. The van der Waals surface area contributed by atoms with Crippen molar-refractivity contribution in [3.05, 3.63) is 0 Å². The van der Waals surface area contributed by atoms with Crippen LogP contribution in [-0.4, -0.2) is 35.4 Å². The van der Waals surface area contributed by atoms with Crippen molar-refractivity contribution in [2.45, 2.75) is 24.0 Å². The van der Waals surface area contributed by atoms with E-state index in [1.807, 2.05) is 23.3 Å². The predicted octanol–water partition coefficient (Wildman–Crippen LogP) is 1.19. The van der Waals surface area contributed by atoms with E-state index in [4.69, 9.17) is 0 Å². The van der Waals surface area contributed by atoms with Crippen LogP contribution >= 0.6 is 0 Å². The van der Waals surface area contributed by atoms with Gasteiger partial charge in [0.2, 0.25) is 0 Å². The molecule has 0 spiro atoms. The van der Waals surface area contributed by atoms with Crippen LogP contribution in [-0.2, 0) is 0 Å². The zero-order valence-corrected chi connectivity index (χ0v) is 5.58. The van der Waals surface area contributed by atoms with Crippen LogP contribution in [0.1, 0.15) is 13.8 Å². The summed E-state index contributed by atoms with van der Waals surface area (Å²) in [6.07, 6.45) is 0. The van der Waals surface area contributed by atoms with Crippen molar-refractivity contribution in [2.24, 2.45) is 0 Å². The molecule has 0 saturated heterocycles. The number of rotatable bonds is 0. The first-order chi connectivity index (χ1) is 2.73. The van der Waals surface area contributed by atoms with E-state index in [2.05, 4.69) is 31.6 Å². The van der Waals surface area contributed by atoms with Gasteiger partial charge in [0.15, 0.2) is 0 Å². The zero-order valence-electron chi connectivity index (χ0n) is 5.58. The molecule has 0 atom stereocenters. The third-order valence-electron chi connectivity index (χ3n) is 0. The first-order valence-electron chi connectivity index (χ1n) is 2.73. The third kappa shape index (κ3) is 64.0. The minimum absolute atomic E-state index is 0.833. The van der Waals surface area contributed by atoms with Gasteiger partial charge < -0.3 is 0 Å². The molecular formula is C4H10Li2. The van der Waals surface area contributed by atoms with Crippen LogP contribution in [0, 0.1) is 0 Å². The Balaban J connectivity index is 0. The predicted molar refractivity (Wildman–Crippen MR) is 32.5 cm³/mol. The molecule has 0 aromatic rings. The van der Waals surface area contributed by atoms with Gasteiger partial charge in [-0.15, -0.1) is 0 Å². The average molecular weight is 72.0 g/mol. The van der Waals surface area contributed by atoms with Gasteiger partial charge in [-0.3, -0.25) is 0 Å². The molecule has 2 heteroatoms. The van der Waals surface area contributed by atoms with E-state index in [0.29, 0.717) is 0 Å². The Hall–Kier alpha value is 1.19. The molecule has 0 rings (SSSR count). The molecule has 0 aromatic heterocycles. The van der Waals surface area contributed by atoms with E-state index in [1.54, 1.807) is 0 Å². The number of hydrogen-bond donors (Lipinski definition) is 0. The second-order valence-corrected chi connectivity index (χ2v) is 1.73. The average Bonchev–Trinajstić information content (AvgIpc) is 1.41. The topological polar surface area (TPSA) is 0 Å². The first kappa shape index (κ1) is 10.2. The van der Waals surface area contributed by atoms with Crippen molar-refractivity contribution in [1.82, 2.24) is 0 Å². The van der Waals surface area contributed by atoms with Gasteiger partial charge in [-0.25, -0.2) is 0 Å². The van der Waals surface area contributed by atoms with E-state index in [1.165, 1.54) is 0 Å². The van der Waals surface area contributed by atoms with E-state index in [-0.39, 0.29) is 0 Å². The first-order valence-corrected chi connectivity index (χ1v) is 2.73. The van der Waals surface area contributed by atoms with Crippen LogP contribution in [0.2, 0.25) is 10.2 Å². The second-order valence-electron chi connectivity index (χ2n) is 1.73. The summed E-state index contributed by atoms with van der Waals surface area (Å²) in [7, 11) is 0. The maximum atomic E-state index is 2.17. The summed E-state index contributed by atoms with van der Waals surface area (Å²) in [5.41, 5.74) is 2.00. The summed E-state index contributed by atoms with van der Waals surface area (Å²) >= 11 is 4.17. The summed E-state index contributed by atoms with van der Waals surface area (Å²) < 4.78 is 0.833. The van der Waals surface area contributed by atoms with Gasteiger partial charge in [-0.2, -0.15) is 0 Å². The third-order valence-corrected chi connectivity index (χ3v) is 0. The molecule has 0 aliphatic rings. The van der Waals surface area contributed by atoms with E-state index >= 15 is 0 Å². The van der Waals surface area contributed by atoms with Gasteiger partial charge in [0.05, 0.1) is 0 Å². The fourth-order valence-electron chi connectivity index (χ4n) is 0. The van der Waals surface area contributed by atoms with Crippen molar-refractivity contribution < 1.29 is 0 Å². The Morgan fingerprint density at radius 1 is 1.17 bits per heavy atom. The molecule has 6 heavy (non-hydrogen) atoms. The molecule has 0 saturated carbocycles. The SMILES string of the molecule is [Li][CH3].[Li][CH](C)C. The van der Waals surface area contributed by atoms with Crippen molar-refractivity contribution in [3.8, 4) is 0 Å². The standard InChI is InChI=1S/C3H7.CH3.2Li/c1-3-2;;;/h3H,1-2H3;1H3;;. The van der Waals surface area contributed by atoms with Gasteiger partial charge >= 0.3 is 59.5 Å². The van der Waals surface area contributed by atoms with Crippen LogP contribution < -0.4 is 0 Å². The molecule has 0 fully saturated rings. The van der Waals surface area contributed by atoms with E-state index in [9.17, 15) is 0 Å². The maximum absolute atomic E-state index is 2.17. The van der Waals surface area contributed by atoms with Gasteiger partial charge in [0.25, 0.3) is 0 Å². The van der Waals surface area contributed by atoms with E-state index < -0.39 is 0 Å². The zero-order chi connectivity index (χ0) is 5.58. The normalized spacial score (nSPS) is 7.33. The molecule has 28 valence electrons. The van der Waals surface area contributed by atoms with Crippen molar-refractivity contribution in [3.63, 3.8) is 0 Å². The van der Waals surface area contributed by atoms with Gasteiger partial charge in [0.1, 0.15) is 0 Å². The summed E-state index contributed by atoms with van der Waals surface area (Å²) in [5.74, 6) is 0. The van der Waals surface area contributed by atoms with Gasteiger partial charge in [-0.05, 0) is 0 Å². The summed E-state index contributed by atoms with van der Waals surface area (Å²) in [4.78, 5) is 0. The van der Waals surface area contributed by atoms with Crippen LogP contribution in [0.15, 0.2) is 0 Å². The van der Waals surface area contributed by atoms with Crippen LogP contribution in [0.25, 0.3) is 0 Å². The minimum atomic E-state index is 0.833. The Bertz CT molecular complexity index is 10.3. The second kappa shape index (κ2) is 9.50. The summed E-state index contributed by atoms with van der Waals surface area (Å²) in [6.45, 7) is 4.33. The van der Waals surface area contributed by atoms with Crippen LogP contribution in [0.3, 0.4) is 0 Å². The fourth-order valence-corrected chi connectivity index (χ4v) is 0. The molecule has 0 bridgehead atoms.